The number of carbonyl (C=O) groups is 1. The quantitative estimate of drug-likeness (QED) is 0.454. The summed E-state index contributed by atoms with van der Waals surface area (Å²) in [6, 6.07) is 17.8. The average Bonchev–Trinajstić information content (AvgIpc) is 3.19. The largest absolute Gasteiger partial charge is 0.372 e. The van der Waals surface area contributed by atoms with Gasteiger partial charge in [-0.15, -0.1) is 11.3 Å². The number of nitrogens with zero attached hydrogens (tertiary/aromatic N) is 3. The number of benzene rings is 2. The maximum Gasteiger partial charge on any atom is 0.263 e. The van der Waals surface area contributed by atoms with Crippen LogP contribution in [0.4, 0.5) is 11.4 Å². The predicted molar refractivity (Wildman–Crippen MR) is 135 cm³/mol. The molecule has 5 rings (SSSR count). The molecule has 0 atom stereocenters. The Morgan fingerprint density at radius 3 is 2.48 bits per heavy atom. The Labute approximate surface area is 196 Å². The zero-order valence-electron chi connectivity index (χ0n) is 18.6. The fourth-order valence-corrected chi connectivity index (χ4v) is 5.47. The molecule has 3 heterocycles. The maximum atomic E-state index is 13.3. The highest BCUT2D eigenvalue weighted by molar-refractivity contribution is 7.19. The van der Waals surface area contributed by atoms with Gasteiger partial charge in [0.15, 0.2) is 0 Å². The van der Waals surface area contributed by atoms with Crippen LogP contribution in [-0.2, 0) is 11.3 Å². The molecule has 1 amide bonds. The molecule has 1 fully saturated rings. The van der Waals surface area contributed by atoms with Crippen molar-refractivity contribution in [2.24, 2.45) is 0 Å². The van der Waals surface area contributed by atoms with E-state index in [1.807, 2.05) is 61.5 Å². The summed E-state index contributed by atoms with van der Waals surface area (Å²) < 4.78 is 1.39. The molecule has 33 heavy (non-hydrogen) atoms. The van der Waals surface area contributed by atoms with Gasteiger partial charge in [-0.3, -0.25) is 14.2 Å². The molecule has 0 saturated carbocycles. The normalized spacial score (nSPS) is 13.9. The van der Waals surface area contributed by atoms with Crippen LogP contribution in [0.25, 0.3) is 21.3 Å². The van der Waals surface area contributed by atoms with E-state index in [0.717, 1.165) is 34.8 Å². The molecule has 7 heteroatoms. The maximum absolute atomic E-state index is 13.3. The zero-order valence-corrected chi connectivity index (χ0v) is 19.4. The van der Waals surface area contributed by atoms with Crippen molar-refractivity contribution in [3.63, 3.8) is 0 Å². The minimum atomic E-state index is -0.253. The SMILES string of the molecule is Cc1sc2ncn(CC(=O)Nc3ccc(N4CCCCC4)cc3)c(=O)c2c1-c1ccccc1. The summed E-state index contributed by atoms with van der Waals surface area (Å²) in [7, 11) is 0. The highest BCUT2D eigenvalue weighted by atomic mass is 32.1. The number of carbonyl (C=O) groups excluding carboxylic acids is 1. The molecule has 1 N–H and O–H groups in total. The Bertz CT molecular complexity index is 1340. The standard InChI is InChI=1S/C26H26N4O2S/c1-18-23(19-8-4-2-5-9-19)24-25(33-18)27-17-30(26(24)32)16-22(31)28-20-10-12-21(13-11-20)29-14-6-3-7-15-29/h2,4-5,8-13,17H,3,6-7,14-16H2,1H3,(H,28,31). The summed E-state index contributed by atoms with van der Waals surface area (Å²) in [5.74, 6) is -0.253. The summed E-state index contributed by atoms with van der Waals surface area (Å²) in [6.07, 6.45) is 5.21. The Kier molecular flexibility index (Phi) is 5.96. The number of rotatable bonds is 5. The summed E-state index contributed by atoms with van der Waals surface area (Å²) in [4.78, 5) is 34.6. The van der Waals surface area contributed by atoms with Crippen LogP contribution in [-0.4, -0.2) is 28.5 Å². The van der Waals surface area contributed by atoms with E-state index in [-0.39, 0.29) is 18.0 Å². The molecule has 4 aromatic rings. The molecular formula is C26H26N4O2S. The average molecular weight is 459 g/mol. The summed E-state index contributed by atoms with van der Waals surface area (Å²) in [5.41, 5.74) is 3.59. The van der Waals surface area contributed by atoms with Crippen LogP contribution in [0.3, 0.4) is 0 Å². The van der Waals surface area contributed by atoms with Gasteiger partial charge in [-0.1, -0.05) is 30.3 Å². The Hall–Kier alpha value is -3.45. The third-order valence-electron chi connectivity index (χ3n) is 6.10. The van der Waals surface area contributed by atoms with Gasteiger partial charge >= 0.3 is 0 Å². The molecule has 1 saturated heterocycles. The van der Waals surface area contributed by atoms with Crippen molar-refractivity contribution in [3.8, 4) is 11.1 Å². The second-order valence-corrected chi connectivity index (χ2v) is 9.60. The van der Waals surface area contributed by atoms with Crippen molar-refractivity contribution >= 4 is 38.8 Å². The minimum Gasteiger partial charge on any atom is -0.372 e. The highest BCUT2D eigenvalue weighted by Gasteiger charge is 2.18. The van der Waals surface area contributed by atoms with Gasteiger partial charge in [-0.2, -0.15) is 0 Å². The summed E-state index contributed by atoms with van der Waals surface area (Å²) in [6.45, 7) is 4.08. The van der Waals surface area contributed by atoms with Crippen molar-refractivity contribution in [2.45, 2.75) is 32.7 Å². The van der Waals surface area contributed by atoms with Crippen LogP contribution in [0.2, 0.25) is 0 Å². The summed E-state index contributed by atoms with van der Waals surface area (Å²) >= 11 is 1.50. The molecule has 0 radical (unpaired) electrons. The number of aryl methyl sites for hydroxylation is 1. The lowest BCUT2D eigenvalue weighted by atomic mass is 10.0. The third-order valence-corrected chi connectivity index (χ3v) is 7.12. The van der Waals surface area contributed by atoms with Gasteiger partial charge in [0.25, 0.3) is 5.56 Å². The third kappa shape index (κ3) is 4.41. The van der Waals surface area contributed by atoms with Crippen LogP contribution in [0.15, 0.2) is 65.7 Å². The number of piperidine rings is 1. The van der Waals surface area contributed by atoms with Crippen LogP contribution >= 0.6 is 11.3 Å². The molecule has 168 valence electrons. The second-order valence-electron chi connectivity index (χ2n) is 8.40. The lowest BCUT2D eigenvalue weighted by Gasteiger charge is -2.28. The molecule has 0 spiro atoms. The number of hydrogen-bond donors (Lipinski definition) is 1. The van der Waals surface area contributed by atoms with Crippen LogP contribution < -0.4 is 15.8 Å². The fourth-order valence-electron chi connectivity index (χ4n) is 4.47. The van der Waals surface area contributed by atoms with Crippen LogP contribution in [0, 0.1) is 6.92 Å². The van der Waals surface area contributed by atoms with Gasteiger partial charge in [0.1, 0.15) is 11.4 Å². The van der Waals surface area contributed by atoms with Crippen molar-refractivity contribution in [3.05, 3.63) is 76.2 Å². The van der Waals surface area contributed by atoms with Crippen molar-refractivity contribution < 1.29 is 4.79 Å². The number of anilines is 2. The first-order valence-corrected chi connectivity index (χ1v) is 12.1. The van der Waals surface area contributed by atoms with Gasteiger partial charge in [-0.05, 0) is 56.0 Å². The number of thiophene rings is 1. The molecule has 2 aromatic carbocycles. The molecule has 6 nitrogen and oxygen atoms in total. The Morgan fingerprint density at radius 1 is 1.03 bits per heavy atom. The van der Waals surface area contributed by atoms with E-state index >= 15 is 0 Å². The summed E-state index contributed by atoms with van der Waals surface area (Å²) in [5, 5.41) is 3.48. The number of nitrogens with one attached hydrogen (secondary N) is 1. The van der Waals surface area contributed by atoms with Gasteiger partial charge in [-0.25, -0.2) is 4.98 Å². The zero-order chi connectivity index (χ0) is 22.8. The molecule has 0 bridgehead atoms. The van der Waals surface area contributed by atoms with Crippen molar-refractivity contribution in [1.29, 1.82) is 0 Å². The molecular weight excluding hydrogens is 432 g/mol. The fraction of sp³-hybridized carbons (Fsp3) is 0.269. The highest BCUT2D eigenvalue weighted by Crippen LogP contribution is 2.35. The second kappa shape index (κ2) is 9.19. The van der Waals surface area contributed by atoms with Gasteiger partial charge < -0.3 is 10.2 Å². The number of hydrogen-bond acceptors (Lipinski definition) is 5. The van der Waals surface area contributed by atoms with Crippen LogP contribution in [0.5, 0.6) is 0 Å². The predicted octanol–water partition coefficient (Wildman–Crippen LogP) is 5.06. The number of aromatic nitrogens is 2. The van der Waals surface area contributed by atoms with E-state index in [9.17, 15) is 9.59 Å². The van der Waals surface area contributed by atoms with Gasteiger partial charge in [0.05, 0.1) is 11.7 Å². The van der Waals surface area contributed by atoms with Crippen LogP contribution in [0.1, 0.15) is 24.1 Å². The monoisotopic (exact) mass is 458 g/mol. The van der Waals surface area contributed by atoms with Gasteiger partial charge in [0.2, 0.25) is 5.91 Å². The molecule has 0 unspecified atom stereocenters. The van der Waals surface area contributed by atoms with E-state index in [2.05, 4.69) is 15.2 Å². The van der Waals surface area contributed by atoms with Gasteiger partial charge in [0, 0.05) is 34.9 Å². The van der Waals surface area contributed by atoms with E-state index < -0.39 is 0 Å². The minimum absolute atomic E-state index is 0.0845. The number of fused-ring (bicyclic) bond motifs is 1. The van der Waals surface area contributed by atoms with E-state index in [1.54, 1.807) is 0 Å². The van der Waals surface area contributed by atoms with E-state index in [0.29, 0.717) is 10.2 Å². The van der Waals surface area contributed by atoms with E-state index in [4.69, 9.17) is 0 Å². The lowest BCUT2D eigenvalue weighted by molar-refractivity contribution is -0.116. The molecule has 2 aromatic heterocycles. The Balaban J connectivity index is 1.35. The Morgan fingerprint density at radius 2 is 1.76 bits per heavy atom. The molecule has 0 aliphatic carbocycles. The number of amides is 1. The van der Waals surface area contributed by atoms with Crippen molar-refractivity contribution in [2.75, 3.05) is 23.3 Å². The smallest absolute Gasteiger partial charge is 0.263 e. The first-order valence-electron chi connectivity index (χ1n) is 11.3. The van der Waals surface area contributed by atoms with E-state index in [1.165, 1.54) is 47.2 Å². The first kappa shape index (κ1) is 21.4. The molecule has 1 aliphatic rings. The lowest BCUT2D eigenvalue weighted by Crippen LogP contribution is -2.29. The molecule has 1 aliphatic heterocycles. The first-order chi connectivity index (χ1) is 16.1. The van der Waals surface area contributed by atoms with Crippen molar-refractivity contribution in [1.82, 2.24) is 9.55 Å². The topological polar surface area (TPSA) is 67.2 Å².